The standard InChI is InChI=1S/C20H22N4O4/c1-18(2)19(23(25)26)10-21-12-20(18,24(27)28)13-22(11-19)17(21)16-9-5-7-14-6-3-4-8-15(14)16/h3-9,17H,10-13H2,1-2H3/p+2. The highest BCUT2D eigenvalue weighted by Crippen LogP contribution is 2.48. The van der Waals surface area contributed by atoms with Crippen LogP contribution in [0.5, 0.6) is 0 Å². The van der Waals surface area contributed by atoms with Gasteiger partial charge in [-0.2, -0.15) is 0 Å². The highest BCUT2D eigenvalue weighted by molar-refractivity contribution is 5.85. The van der Waals surface area contributed by atoms with E-state index in [1.807, 2.05) is 18.2 Å². The second kappa shape index (κ2) is 5.27. The molecule has 0 aromatic heterocycles. The maximum Gasteiger partial charge on any atom is 0.329 e. The Morgan fingerprint density at radius 3 is 1.89 bits per heavy atom. The van der Waals surface area contributed by atoms with Crippen LogP contribution < -0.4 is 9.80 Å². The molecule has 0 spiro atoms. The van der Waals surface area contributed by atoms with Gasteiger partial charge in [0.15, 0.2) is 26.2 Å². The van der Waals surface area contributed by atoms with Crippen LogP contribution in [0.2, 0.25) is 0 Å². The summed E-state index contributed by atoms with van der Waals surface area (Å²) in [5, 5.41) is 26.8. The van der Waals surface area contributed by atoms with E-state index < -0.39 is 16.5 Å². The predicted octanol–water partition coefficient (Wildman–Crippen LogP) is -0.294. The van der Waals surface area contributed by atoms with Crippen molar-refractivity contribution in [3.8, 4) is 0 Å². The summed E-state index contributed by atoms with van der Waals surface area (Å²) in [6.07, 6.45) is -0.0108. The quantitative estimate of drug-likeness (QED) is 0.561. The van der Waals surface area contributed by atoms with Crippen molar-refractivity contribution in [2.75, 3.05) is 26.2 Å². The minimum Gasteiger partial charge on any atom is -0.270 e. The molecule has 28 heavy (non-hydrogen) atoms. The van der Waals surface area contributed by atoms with E-state index in [1.165, 1.54) is 0 Å². The number of hydrogen-bond acceptors (Lipinski definition) is 4. The van der Waals surface area contributed by atoms with Crippen LogP contribution in [-0.2, 0) is 0 Å². The van der Waals surface area contributed by atoms with Gasteiger partial charge in [0.05, 0.1) is 5.56 Å². The van der Waals surface area contributed by atoms with Crippen LogP contribution in [0.3, 0.4) is 0 Å². The molecular formula is C20H24N4O4+2. The van der Waals surface area contributed by atoms with Gasteiger partial charge in [-0.3, -0.25) is 30.0 Å². The van der Waals surface area contributed by atoms with Crippen molar-refractivity contribution in [1.82, 2.24) is 0 Å². The van der Waals surface area contributed by atoms with Crippen molar-refractivity contribution >= 4 is 10.8 Å². The van der Waals surface area contributed by atoms with Gasteiger partial charge in [-0.05, 0) is 30.7 Å². The van der Waals surface area contributed by atoms with E-state index in [4.69, 9.17) is 0 Å². The lowest BCUT2D eigenvalue weighted by molar-refractivity contribution is -1.20. The van der Waals surface area contributed by atoms with Crippen LogP contribution >= 0.6 is 0 Å². The number of fused-ring (bicyclic) bond motifs is 1. The molecule has 0 atom stereocenters. The van der Waals surface area contributed by atoms with E-state index in [0.29, 0.717) is 26.2 Å². The monoisotopic (exact) mass is 384 g/mol. The predicted molar refractivity (Wildman–Crippen MR) is 101 cm³/mol. The van der Waals surface area contributed by atoms with Crippen LogP contribution in [0.15, 0.2) is 42.5 Å². The molecule has 0 saturated carbocycles. The molecular weight excluding hydrogens is 360 g/mol. The first kappa shape index (κ1) is 17.5. The van der Waals surface area contributed by atoms with Crippen molar-refractivity contribution < 1.29 is 19.6 Å². The SMILES string of the molecule is CC1(C)C2([N+](=O)[O-])C[NH+]3CC1([N+](=O)[O-])C[NH+](C2)C3c1cccc2ccccc12. The van der Waals surface area contributed by atoms with E-state index in [-0.39, 0.29) is 16.0 Å². The van der Waals surface area contributed by atoms with Crippen LogP contribution in [0.1, 0.15) is 25.6 Å². The van der Waals surface area contributed by atoms with Gasteiger partial charge < -0.3 is 0 Å². The maximum atomic E-state index is 12.2. The largest absolute Gasteiger partial charge is 0.329 e. The summed E-state index contributed by atoms with van der Waals surface area (Å²) in [5.74, 6) is 0. The normalized spacial score (nSPS) is 37.9. The molecule has 4 heterocycles. The zero-order valence-electron chi connectivity index (χ0n) is 16.0. The van der Waals surface area contributed by atoms with Crippen molar-refractivity contribution in [1.29, 1.82) is 0 Å². The average molecular weight is 384 g/mol. The zero-order valence-corrected chi connectivity index (χ0v) is 16.0. The first-order valence-electron chi connectivity index (χ1n) is 9.69. The van der Waals surface area contributed by atoms with Crippen LogP contribution in [0, 0.1) is 25.6 Å². The molecule has 4 bridgehead atoms. The highest BCUT2D eigenvalue weighted by atomic mass is 16.6. The molecule has 4 aliphatic heterocycles. The van der Waals surface area contributed by atoms with Gasteiger partial charge in [-0.15, -0.1) is 0 Å². The fraction of sp³-hybridized carbons (Fsp3) is 0.500. The van der Waals surface area contributed by atoms with Gasteiger partial charge in [-0.1, -0.05) is 36.4 Å². The summed E-state index contributed by atoms with van der Waals surface area (Å²) < 4.78 is 0. The van der Waals surface area contributed by atoms with E-state index in [2.05, 4.69) is 24.3 Å². The first-order chi connectivity index (χ1) is 13.2. The second-order valence-corrected chi connectivity index (χ2v) is 9.23. The molecule has 4 saturated heterocycles. The second-order valence-electron chi connectivity index (χ2n) is 9.23. The first-order valence-corrected chi connectivity index (χ1v) is 9.69. The average Bonchev–Trinajstić information content (AvgIpc) is 2.64. The Hall–Kier alpha value is -2.58. The molecule has 4 aliphatic rings. The number of benzene rings is 2. The van der Waals surface area contributed by atoms with Gasteiger partial charge in [0.1, 0.15) is 5.41 Å². The fourth-order valence-corrected chi connectivity index (χ4v) is 6.42. The maximum absolute atomic E-state index is 12.2. The van der Waals surface area contributed by atoms with E-state index in [9.17, 15) is 20.2 Å². The number of quaternary nitrogens is 2. The number of nitro groups is 2. The van der Waals surface area contributed by atoms with Gasteiger partial charge in [0.2, 0.25) is 6.17 Å². The summed E-state index contributed by atoms with van der Waals surface area (Å²) in [7, 11) is 0. The Bertz CT molecular complexity index is 963. The smallest absolute Gasteiger partial charge is 0.270 e. The lowest BCUT2D eigenvalue weighted by Gasteiger charge is -2.60. The number of hydrogen-bond donors (Lipinski definition) is 2. The fourth-order valence-electron chi connectivity index (χ4n) is 6.42. The van der Waals surface area contributed by atoms with E-state index in [1.54, 1.807) is 13.8 Å². The topological polar surface area (TPSA) is 95.2 Å². The molecule has 0 amide bonds. The third kappa shape index (κ3) is 1.82. The van der Waals surface area contributed by atoms with Gasteiger partial charge in [0, 0.05) is 9.85 Å². The van der Waals surface area contributed by atoms with E-state index in [0.717, 1.165) is 26.1 Å². The van der Waals surface area contributed by atoms with Crippen molar-refractivity contribution in [3.63, 3.8) is 0 Å². The summed E-state index contributed by atoms with van der Waals surface area (Å²) in [6, 6.07) is 14.3. The number of rotatable bonds is 3. The van der Waals surface area contributed by atoms with Crippen LogP contribution in [0.4, 0.5) is 0 Å². The van der Waals surface area contributed by atoms with E-state index >= 15 is 0 Å². The molecule has 146 valence electrons. The summed E-state index contributed by atoms with van der Waals surface area (Å²) in [4.78, 5) is 26.0. The molecule has 8 heteroatoms. The van der Waals surface area contributed by atoms with Gasteiger partial charge in [0.25, 0.3) is 0 Å². The molecule has 2 N–H and O–H groups in total. The number of nitrogens with zero attached hydrogens (tertiary/aromatic N) is 2. The zero-order chi connectivity index (χ0) is 19.9. The Morgan fingerprint density at radius 1 is 0.857 bits per heavy atom. The Morgan fingerprint density at radius 2 is 1.36 bits per heavy atom. The molecule has 0 unspecified atom stereocenters. The lowest BCUT2D eigenvalue weighted by Crippen LogP contribution is -3.43. The number of piperidine rings is 2. The summed E-state index contributed by atoms with van der Waals surface area (Å²) in [5.41, 5.74) is -2.41. The van der Waals surface area contributed by atoms with Crippen molar-refractivity contribution in [2.24, 2.45) is 5.41 Å². The Balaban J connectivity index is 1.69. The Kier molecular flexibility index (Phi) is 3.30. The van der Waals surface area contributed by atoms with Crippen LogP contribution in [-0.4, -0.2) is 47.1 Å². The molecule has 4 fully saturated rings. The minimum absolute atomic E-state index is 0.0108. The third-order valence-electron chi connectivity index (χ3n) is 8.05. The minimum atomic E-state index is -1.28. The summed E-state index contributed by atoms with van der Waals surface area (Å²) >= 11 is 0. The molecule has 0 aliphatic carbocycles. The molecule has 8 nitrogen and oxygen atoms in total. The Labute approximate surface area is 162 Å². The van der Waals surface area contributed by atoms with Crippen LogP contribution in [0.25, 0.3) is 10.8 Å². The van der Waals surface area contributed by atoms with Crippen molar-refractivity contribution in [2.45, 2.75) is 31.1 Å². The molecule has 2 aromatic carbocycles. The molecule has 6 rings (SSSR count). The highest BCUT2D eigenvalue weighted by Gasteiger charge is 2.87. The lowest BCUT2D eigenvalue weighted by atomic mass is 9.53. The molecule has 2 aromatic rings. The third-order valence-corrected chi connectivity index (χ3v) is 8.05. The van der Waals surface area contributed by atoms with Crippen molar-refractivity contribution in [3.05, 3.63) is 68.3 Å². The summed E-state index contributed by atoms with van der Waals surface area (Å²) in [6.45, 7) is 4.81. The van der Waals surface area contributed by atoms with Gasteiger partial charge >= 0.3 is 11.1 Å². The molecule has 0 radical (unpaired) electrons. The van der Waals surface area contributed by atoms with Gasteiger partial charge in [-0.25, -0.2) is 0 Å². The number of nitrogens with one attached hydrogen (secondary N) is 2.